The van der Waals surface area contributed by atoms with E-state index in [1.807, 2.05) is 3.21 Å². The first-order chi connectivity index (χ1) is 24.3. The Balaban J connectivity index is 1.79. The van der Waals surface area contributed by atoms with Crippen LogP contribution in [0.4, 0.5) is 0 Å². The van der Waals surface area contributed by atoms with Gasteiger partial charge in [0.2, 0.25) is 0 Å². The van der Waals surface area contributed by atoms with E-state index in [2.05, 4.69) is 170 Å². The van der Waals surface area contributed by atoms with Crippen molar-refractivity contribution in [3.8, 4) is 33.4 Å². The van der Waals surface area contributed by atoms with E-state index in [-0.39, 0.29) is 10.8 Å². The van der Waals surface area contributed by atoms with Gasteiger partial charge >= 0.3 is 327 Å². The van der Waals surface area contributed by atoms with Gasteiger partial charge in [0.25, 0.3) is 0 Å². The van der Waals surface area contributed by atoms with Crippen molar-refractivity contribution in [1.29, 1.82) is 0 Å². The molecule has 0 N–H and O–H groups in total. The van der Waals surface area contributed by atoms with Crippen LogP contribution < -0.4 is 3.27 Å². The number of allylic oxidation sites excluding steroid dienone is 4. The summed E-state index contributed by atoms with van der Waals surface area (Å²) in [7, 11) is 0. The molecule has 0 saturated heterocycles. The van der Waals surface area contributed by atoms with Gasteiger partial charge in [-0.05, 0) is 0 Å². The van der Waals surface area contributed by atoms with Crippen molar-refractivity contribution in [3.63, 3.8) is 0 Å². The third kappa shape index (κ3) is 7.97. The molecule has 272 valence electrons. The number of hydrogen-bond donors (Lipinski definition) is 0. The van der Waals surface area contributed by atoms with Gasteiger partial charge in [0.15, 0.2) is 0 Å². The molecule has 0 saturated carbocycles. The Hall–Kier alpha value is -2.89. The van der Waals surface area contributed by atoms with Crippen LogP contribution >= 0.6 is 0 Å². The van der Waals surface area contributed by atoms with Gasteiger partial charge in [-0.15, -0.1) is 0 Å². The van der Waals surface area contributed by atoms with E-state index < -0.39 is 21.3 Å². The Bertz CT molecular complexity index is 2080. The molecule has 0 atom stereocenters. The number of aryl methyl sites for hydroxylation is 4. The van der Waals surface area contributed by atoms with E-state index in [0.29, 0.717) is 11.8 Å². The Kier molecular flexibility index (Phi) is 11.0. The minimum atomic E-state index is -2.67. The standard InChI is InChI=1S/C37H41.C9H18.C5H5.Zr/c1-22-11-23(2)14-26(13-22)32-18-28-17-29-19-33(27-15-24(3)12-25(4)16-27)35(37(8,9)10)21-31(29)30(28)20-34(32)36(5,6)7;1-8(2)6-5-7-9(3)4;1-2-4-5-3-1;/h11-16,18,20-21H,17H2,1-10H3;8-9H,6-7H2,1-4H3;1-3H,4H2;. The fraction of sp³-hybridized carbons (Fsp3) is 0.431. The molecule has 0 fully saturated rings. The van der Waals surface area contributed by atoms with Crippen molar-refractivity contribution < 1.29 is 21.3 Å². The molecule has 2 aliphatic rings. The van der Waals surface area contributed by atoms with Crippen LogP contribution in [0.25, 0.3) is 33.4 Å². The molecule has 0 nitrogen and oxygen atoms in total. The predicted molar refractivity (Wildman–Crippen MR) is 227 cm³/mol. The fourth-order valence-corrected chi connectivity index (χ4v) is 18.9. The van der Waals surface area contributed by atoms with Crippen LogP contribution in [0.3, 0.4) is 0 Å². The molecule has 0 heterocycles. The molecule has 4 aromatic carbocycles. The molecular formula is C51H64Zr. The van der Waals surface area contributed by atoms with Crippen LogP contribution in [0.2, 0.25) is 0 Å². The average molecular weight is 768 g/mol. The molecule has 0 bridgehead atoms. The van der Waals surface area contributed by atoms with Crippen LogP contribution in [0, 0.1) is 39.5 Å². The summed E-state index contributed by atoms with van der Waals surface area (Å²) in [6.45, 7) is 33.4. The second-order valence-corrected chi connectivity index (χ2v) is 25.6. The quantitative estimate of drug-likeness (QED) is 0.147. The van der Waals surface area contributed by atoms with Gasteiger partial charge in [-0.25, -0.2) is 0 Å². The predicted octanol–water partition coefficient (Wildman–Crippen LogP) is 13.8. The normalized spacial score (nSPS) is 14.0. The van der Waals surface area contributed by atoms with Gasteiger partial charge in [-0.2, -0.15) is 0 Å². The Labute approximate surface area is 325 Å². The molecule has 0 amide bonds. The van der Waals surface area contributed by atoms with Crippen LogP contribution in [-0.4, -0.2) is 3.21 Å². The molecule has 4 aromatic rings. The summed E-state index contributed by atoms with van der Waals surface area (Å²) in [5, 5.41) is 0. The molecule has 0 aliphatic heterocycles. The van der Waals surface area contributed by atoms with Gasteiger partial charge in [0, 0.05) is 0 Å². The zero-order valence-electron chi connectivity index (χ0n) is 34.9. The summed E-state index contributed by atoms with van der Waals surface area (Å²) in [5.74, 6) is 1.30. The van der Waals surface area contributed by atoms with Crippen LogP contribution in [0.5, 0.6) is 0 Å². The average Bonchev–Trinajstić information content (AvgIpc) is 3.66. The van der Waals surface area contributed by atoms with E-state index in [1.165, 1.54) is 79.6 Å². The molecule has 6 rings (SSSR count). The zero-order chi connectivity index (χ0) is 37.9. The second-order valence-electron chi connectivity index (χ2n) is 19.2. The molecular weight excluding hydrogens is 704 g/mol. The van der Waals surface area contributed by atoms with Gasteiger partial charge in [0.05, 0.1) is 0 Å². The summed E-state index contributed by atoms with van der Waals surface area (Å²) < 4.78 is 5.45. The monoisotopic (exact) mass is 766 g/mol. The molecule has 1 heteroatoms. The van der Waals surface area contributed by atoms with Crippen molar-refractivity contribution in [3.05, 3.63) is 121 Å². The second kappa shape index (κ2) is 14.7. The van der Waals surface area contributed by atoms with E-state index in [4.69, 9.17) is 0 Å². The number of benzene rings is 4. The van der Waals surface area contributed by atoms with E-state index in [0.717, 1.165) is 12.8 Å². The summed E-state index contributed by atoms with van der Waals surface area (Å²) >= 11 is -2.67. The molecule has 2 aliphatic carbocycles. The van der Waals surface area contributed by atoms with Crippen molar-refractivity contribution >= 4 is 6.48 Å². The third-order valence-corrected chi connectivity index (χ3v) is 18.8. The molecule has 0 radical (unpaired) electrons. The third-order valence-electron chi connectivity index (χ3n) is 11.0. The van der Waals surface area contributed by atoms with Gasteiger partial charge in [0.1, 0.15) is 0 Å². The van der Waals surface area contributed by atoms with Crippen molar-refractivity contribution in [1.82, 2.24) is 0 Å². The maximum absolute atomic E-state index is 2.67. The first-order valence-electron chi connectivity index (χ1n) is 20.0. The summed E-state index contributed by atoms with van der Waals surface area (Å²) in [6, 6.07) is 22.3. The molecule has 52 heavy (non-hydrogen) atoms. The number of hydrogen-bond acceptors (Lipinski definition) is 0. The topological polar surface area (TPSA) is 0 Å². The van der Waals surface area contributed by atoms with Crippen LogP contribution in [0.1, 0.15) is 133 Å². The Morgan fingerprint density at radius 2 is 1.13 bits per heavy atom. The molecule has 0 aromatic heterocycles. The summed E-state index contributed by atoms with van der Waals surface area (Å²) in [4.78, 5) is 0. The van der Waals surface area contributed by atoms with Gasteiger partial charge in [-0.3, -0.25) is 0 Å². The van der Waals surface area contributed by atoms with Crippen LogP contribution in [0.15, 0.2) is 76.1 Å². The SMILES string of the molecule is Cc1cc(C)cc(-c2cc3c(cc2C(C)(C)C)-c2cc(C(C)(C)C)c(-c4cc(C)cc(C)c4)[c]([Zr]([C]4=CC=CC4)=[C](CC(C)C)CC(C)C)c2C3)c1. The summed E-state index contributed by atoms with van der Waals surface area (Å²) in [5.41, 5.74) is 20.3. The van der Waals surface area contributed by atoms with Gasteiger partial charge in [-0.1, -0.05) is 0 Å². The van der Waals surface area contributed by atoms with Crippen molar-refractivity contribution in [2.75, 3.05) is 0 Å². The molecule has 0 unspecified atom stereocenters. The number of fused-ring (bicyclic) bond motifs is 3. The first-order valence-corrected chi connectivity index (χ1v) is 23.6. The summed E-state index contributed by atoms with van der Waals surface area (Å²) in [6.07, 6.45) is 12.0. The first kappa shape index (κ1) is 38.8. The van der Waals surface area contributed by atoms with Crippen molar-refractivity contribution in [2.24, 2.45) is 11.8 Å². The van der Waals surface area contributed by atoms with Crippen LogP contribution in [-0.2, 0) is 38.5 Å². The Morgan fingerprint density at radius 1 is 0.615 bits per heavy atom. The Morgan fingerprint density at radius 3 is 1.62 bits per heavy atom. The van der Waals surface area contributed by atoms with E-state index >= 15 is 0 Å². The minimum absolute atomic E-state index is 0.0101. The van der Waals surface area contributed by atoms with Crippen molar-refractivity contribution in [2.45, 2.75) is 133 Å². The number of rotatable bonds is 8. The van der Waals surface area contributed by atoms with E-state index in [1.54, 1.807) is 17.7 Å². The van der Waals surface area contributed by atoms with E-state index in [9.17, 15) is 0 Å². The zero-order valence-corrected chi connectivity index (χ0v) is 37.4. The fourth-order valence-electron chi connectivity index (χ4n) is 9.13. The maximum atomic E-state index is 2.66. The van der Waals surface area contributed by atoms with Gasteiger partial charge < -0.3 is 0 Å². The molecule has 0 spiro atoms.